The van der Waals surface area contributed by atoms with Crippen molar-refractivity contribution in [1.29, 1.82) is 0 Å². The Hall–Kier alpha value is -0.855. The van der Waals surface area contributed by atoms with Crippen molar-refractivity contribution in [3.63, 3.8) is 0 Å². The van der Waals surface area contributed by atoms with E-state index in [0.717, 1.165) is 16.3 Å². The standard InChI is InChI=1S/C14H10BClS/c15-14-10-5-1-2-7-12(10)17-8-9-4-3-6-11(16)13(9)14/h1-7,14H,8H2. The molecule has 1 aliphatic rings. The minimum atomic E-state index is -0.120. The Morgan fingerprint density at radius 2 is 1.94 bits per heavy atom. The molecule has 0 amide bonds. The van der Waals surface area contributed by atoms with Crippen molar-refractivity contribution < 1.29 is 0 Å². The Bertz CT molecular complexity index is 568. The molecule has 82 valence electrons. The highest BCUT2D eigenvalue weighted by molar-refractivity contribution is 7.98. The molecule has 0 bridgehead atoms. The molecule has 1 heterocycles. The molecule has 3 rings (SSSR count). The minimum Gasteiger partial charge on any atom is -0.121 e. The van der Waals surface area contributed by atoms with Crippen molar-refractivity contribution in [3.05, 3.63) is 64.2 Å². The van der Waals surface area contributed by atoms with E-state index in [1.54, 1.807) is 0 Å². The second-order valence-electron chi connectivity index (χ2n) is 4.12. The molecule has 0 aromatic heterocycles. The van der Waals surface area contributed by atoms with Gasteiger partial charge in [-0.1, -0.05) is 41.9 Å². The third-order valence-electron chi connectivity index (χ3n) is 3.09. The van der Waals surface area contributed by atoms with Gasteiger partial charge in [0.25, 0.3) is 0 Å². The molecule has 0 spiro atoms. The Labute approximate surface area is 112 Å². The van der Waals surface area contributed by atoms with E-state index in [9.17, 15) is 0 Å². The number of hydrogen-bond acceptors (Lipinski definition) is 1. The van der Waals surface area contributed by atoms with Gasteiger partial charge in [0.1, 0.15) is 0 Å². The average Bonchev–Trinajstić information content (AvgIpc) is 2.49. The first-order chi connectivity index (χ1) is 8.27. The van der Waals surface area contributed by atoms with Crippen molar-refractivity contribution >= 4 is 31.2 Å². The predicted octanol–water partition coefficient (Wildman–Crippen LogP) is 4.20. The van der Waals surface area contributed by atoms with Crippen LogP contribution in [0, 0.1) is 0 Å². The second kappa shape index (κ2) is 4.43. The summed E-state index contributed by atoms with van der Waals surface area (Å²) >= 11 is 8.11. The Balaban J connectivity index is 2.22. The van der Waals surface area contributed by atoms with E-state index in [0.29, 0.717) is 0 Å². The summed E-state index contributed by atoms with van der Waals surface area (Å²) in [5.74, 6) is 0.811. The van der Waals surface area contributed by atoms with E-state index in [4.69, 9.17) is 19.4 Å². The van der Waals surface area contributed by atoms with Gasteiger partial charge < -0.3 is 0 Å². The van der Waals surface area contributed by atoms with Crippen molar-refractivity contribution in [3.8, 4) is 0 Å². The maximum Gasteiger partial charge on any atom is 0.0829 e. The molecule has 0 fully saturated rings. The van der Waals surface area contributed by atoms with Gasteiger partial charge in [-0.3, -0.25) is 0 Å². The highest BCUT2D eigenvalue weighted by atomic mass is 35.5. The highest BCUT2D eigenvalue weighted by Gasteiger charge is 2.21. The lowest BCUT2D eigenvalue weighted by Gasteiger charge is -2.16. The summed E-state index contributed by atoms with van der Waals surface area (Å²) in [4.78, 5) is 1.26. The van der Waals surface area contributed by atoms with Crippen molar-refractivity contribution in [1.82, 2.24) is 0 Å². The van der Waals surface area contributed by atoms with E-state index in [2.05, 4.69) is 24.3 Å². The van der Waals surface area contributed by atoms with Crippen LogP contribution in [0.1, 0.15) is 22.5 Å². The molecule has 0 N–H and O–H groups in total. The van der Waals surface area contributed by atoms with Gasteiger partial charge in [-0.2, -0.15) is 0 Å². The van der Waals surface area contributed by atoms with Gasteiger partial charge in [0.05, 0.1) is 7.85 Å². The predicted molar refractivity (Wildman–Crippen MR) is 75.1 cm³/mol. The van der Waals surface area contributed by atoms with Crippen LogP contribution < -0.4 is 0 Å². The molecule has 0 aliphatic carbocycles. The summed E-state index contributed by atoms with van der Waals surface area (Å²) in [5, 5.41) is 0.771. The Morgan fingerprint density at radius 1 is 1.12 bits per heavy atom. The molecule has 17 heavy (non-hydrogen) atoms. The lowest BCUT2D eigenvalue weighted by molar-refractivity contribution is 1.08. The van der Waals surface area contributed by atoms with E-state index in [1.807, 2.05) is 30.0 Å². The van der Waals surface area contributed by atoms with E-state index in [-0.39, 0.29) is 5.82 Å². The van der Waals surface area contributed by atoms with Crippen LogP contribution in [-0.4, -0.2) is 7.85 Å². The van der Waals surface area contributed by atoms with Gasteiger partial charge in [0, 0.05) is 15.7 Å². The number of benzene rings is 2. The van der Waals surface area contributed by atoms with Gasteiger partial charge >= 0.3 is 0 Å². The van der Waals surface area contributed by atoms with Crippen LogP contribution in [0.5, 0.6) is 0 Å². The Morgan fingerprint density at radius 3 is 2.82 bits per heavy atom. The summed E-state index contributed by atoms with van der Waals surface area (Å²) in [5.41, 5.74) is 3.49. The first kappa shape index (κ1) is 11.2. The molecule has 2 aromatic rings. The molecule has 0 saturated heterocycles. The summed E-state index contributed by atoms with van der Waals surface area (Å²) < 4.78 is 0. The summed E-state index contributed by atoms with van der Waals surface area (Å²) in [7, 11) is 6.36. The third-order valence-corrected chi connectivity index (χ3v) is 4.56. The van der Waals surface area contributed by atoms with Crippen molar-refractivity contribution in [2.45, 2.75) is 16.5 Å². The lowest BCUT2D eigenvalue weighted by atomic mass is 9.74. The summed E-state index contributed by atoms with van der Waals surface area (Å²) in [6.07, 6.45) is 0. The zero-order valence-corrected chi connectivity index (χ0v) is 10.8. The van der Waals surface area contributed by atoms with E-state index in [1.165, 1.54) is 16.0 Å². The van der Waals surface area contributed by atoms with Crippen LogP contribution >= 0.6 is 23.4 Å². The number of hydrogen-bond donors (Lipinski definition) is 0. The number of rotatable bonds is 0. The number of fused-ring (bicyclic) bond motifs is 2. The van der Waals surface area contributed by atoms with Gasteiger partial charge in [-0.15, -0.1) is 11.8 Å². The molecule has 1 unspecified atom stereocenters. The summed E-state index contributed by atoms with van der Waals surface area (Å²) in [6.45, 7) is 0. The number of thioether (sulfide) groups is 1. The topological polar surface area (TPSA) is 0 Å². The highest BCUT2D eigenvalue weighted by Crippen LogP contribution is 2.41. The second-order valence-corrected chi connectivity index (χ2v) is 5.54. The molecule has 2 radical (unpaired) electrons. The SMILES string of the molecule is [B]C1c2ccccc2SCc2cccc(Cl)c21. The van der Waals surface area contributed by atoms with Gasteiger partial charge in [-0.05, 0) is 34.6 Å². The van der Waals surface area contributed by atoms with Crippen molar-refractivity contribution in [2.75, 3.05) is 0 Å². The van der Waals surface area contributed by atoms with Gasteiger partial charge in [0.2, 0.25) is 0 Å². The molecule has 3 heteroatoms. The monoisotopic (exact) mass is 256 g/mol. The molecule has 2 aromatic carbocycles. The van der Waals surface area contributed by atoms with Crippen LogP contribution in [-0.2, 0) is 5.75 Å². The van der Waals surface area contributed by atoms with Gasteiger partial charge in [-0.25, -0.2) is 0 Å². The maximum absolute atomic E-state index is 6.36. The van der Waals surface area contributed by atoms with E-state index < -0.39 is 0 Å². The normalized spacial score (nSPS) is 18.1. The fraction of sp³-hybridized carbons (Fsp3) is 0.143. The Kier molecular flexibility index (Phi) is 2.93. The zero-order chi connectivity index (χ0) is 11.8. The quantitative estimate of drug-likeness (QED) is 0.637. The van der Waals surface area contributed by atoms with Crippen LogP contribution in [0.25, 0.3) is 0 Å². The lowest BCUT2D eigenvalue weighted by Crippen LogP contribution is -2.03. The zero-order valence-electron chi connectivity index (χ0n) is 9.19. The molecule has 1 aliphatic heterocycles. The first-order valence-corrected chi connectivity index (χ1v) is 6.88. The molecular formula is C14H10BClS. The van der Waals surface area contributed by atoms with E-state index >= 15 is 0 Å². The fourth-order valence-corrected chi connectivity index (χ4v) is 3.65. The average molecular weight is 257 g/mol. The van der Waals surface area contributed by atoms with Crippen molar-refractivity contribution in [2.24, 2.45) is 0 Å². The largest absolute Gasteiger partial charge is 0.121 e. The van der Waals surface area contributed by atoms with Crippen LogP contribution in [0.2, 0.25) is 5.02 Å². The minimum absolute atomic E-state index is 0.120. The molecule has 0 nitrogen and oxygen atoms in total. The molecule has 1 atom stereocenters. The van der Waals surface area contributed by atoms with Gasteiger partial charge in [0.15, 0.2) is 0 Å². The van der Waals surface area contributed by atoms with Crippen LogP contribution in [0.4, 0.5) is 0 Å². The molecule has 0 saturated carbocycles. The first-order valence-electron chi connectivity index (χ1n) is 5.52. The maximum atomic E-state index is 6.36. The van der Waals surface area contributed by atoms with Crippen LogP contribution in [0.15, 0.2) is 47.4 Å². The number of halogens is 1. The fourth-order valence-electron chi connectivity index (χ4n) is 2.24. The van der Waals surface area contributed by atoms with Crippen LogP contribution in [0.3, 0.4) is 0 Å². The smallest absolute Gasteiger partial charge is 0.0829 e. The third kappa shape index (κ3) is 1.90. The molecular weight excluding hydrogens is 246 g/mol. The summed E-state index contributed by atoms with van der Waals surface area (Å²) in [6, 6.07) is 14.3.